The zero-order valence-corrected chi connectivity index (χ0v) is 17.0. The summed E-state index contributed by atoms with van der Waals surface area (Å²) in [5, 5.41) is 5.96. The molecule has 0 aromatic rings. The number of hydrogen-bond donors (Lipinski definition) is 2. The zero-order chi connectivity index (χ0) is 18.4. The van der Waals surface area contributed by atoms with Crippen LogP contribution in [0.15, 0.2) is 0 Å². The minimum Gasteiger partial charge on any atom is -0.356 e. The molecule has 0 aliphatic carbocycles. The second kappa shape index (κ2) is 10.1. The third-order valence-electron chi connectivity index (χ3n) is 4.85. The van der Waals surface area contributed by atoms with E-state index in [0.29, 0.717) is 32.5 Å². The number of rotatable bonds is 5. The van der Waals surface area contributed by atoms with Crippen LogP contribution in [-0.2, 0) is 14.4 Å². The highest BCUT2D eigenvalue weighted by atomic mass is 35.5. The van der Waals surface area contributed by atoms with Crippen LogP contribution < -0.4 is 10.6 Å². The van der Waals surface area contributed by atoms with Gasteiger partial charge in [0.25, 0.3) is 0 Å². The number of halogens is 1. The molecular formula is C18H33ClN4O3. The molecule has 8 heteroatoms. The molecule has 7 nitrogen and oxygen atoms in total. The van der Waals surface area contributed by atoms with E-state index < -0.39 is 5.41 Å². The van der Waals surface area contributed by atoms with Gasteiger partial charge in [0.05, 0.1) is 6.54 Å². The van der Waals surface area contributed by atoms with Gasteiger partial charge in [-0.25, -0.2) is 0 Å². The molecule has 2 saturated heterocycles. The fraction of sp³-hybridized carbons (Fsp3) is 0.833. The van der Waals surface area contributed by atoms with E-state index in [1.54, 1.807) is 0 Å². The minimum atomic E-state index is -0.403. The summed E-state index contributed by atoms with van der Waals surface area (Å²) in [5.74, 6) is 0.267. The fourth-order valence-corrected chi connectivity index (χ4v) is 3.31. The highest BCUT2D eigenvalue weighted by Crippen LogP contribution is 2.18. The smallest absolute Gasteiger partial charge is 0.236 e. The Labute approximate surface area is 162 Å². The molecule has 2 aliphatic heterocycles. The molecule has 3 amide bonds. The first-order chi connectivity index (χ1) is 11.8. The number of nitrogens with one attached hydrogen (secondary N) is 2. The van der Waals surface area contributed by atoms with Crippen molar-refractivity contribution in [2.24, 2.45) is 5.41 Å². The van der Waals surface area contributed by atoms with E-state index in [0.717, 1.165) is 32.5 Å². The second-order valence-electron chi connectivity index (χ2n) is 8.01. The van der Waals surface area contributed by atoms with Gasteiger partial charge < -0.3 is 20.4 Å². The van der Waals surface area contributed by atoms with Crippen molar-refractivity contribution in [2.45, 2.75) is 52.5 Å². The van der Waals surface area contributed by atoms with Crippen LogP contribution in [0.5, 0.6) is 0 Å². The molecule has 0 bridgehead atoms. The van der Waals surface area contributed by atoms with Gasteiger partial charge in [0, 0.05) is 50.6 Å². The van der Waals surface area contributed by atoms with Crippen LogP contribution in [0, 0.1) is 5.41 Å². The Kier molecular flexibility index (Phi) is 8.83. The third kappa shape index (κ3) is 6.43. The highest BCUT2D eigenvalue weighted by molar-refractivity contribution is 5.85. The molecule has 2 rings (SSSR count). The quantitative estimate of drug-likeness (QED) is 0.682. The van der Waals surface area contributed by atoms with Crippen molar-refractivity contribution in [1.29, 1.82) is 0 Å². The Bertz CT molecular complexity index is 507. The van der Waals surface area contributed by atoms with E-state index in [-0.39, 0.29) is 36.2 Å². The normalized spacial score (nSPS) is 21.2. The van der Waals surface area contributed by atoms with E-state index in [4.69, 9.17) is 0 Å². The van der Waals surface area contributed by atoms with E-state index in [2.05, 4.69) is 10.6 Å². The lowest BCUT2D eigenvalue weighted by atomic mass is 9.96. The molecule has 0 aromatic carbocycles. The monoisotopic (exact) mass is 388 g/mol. The van der Waals surface area contributed by atoms with Crippen LogP contribution in [0.2, 0.25) is 0 Å². The lowest BCUT2D eigenvalue weighted by Crippen LogP contribution is -2.57. The first kappa shape index (κ1) is 22.7. The van der Waals surface area contributed by atoms with Crippen LogP contribution in [0.1, 0.15) is 46.5 Å². The first-order valence-corrected chi connectivity index (χ1v) is 9.35. The lowest BCUT2D eigenvalue weighted by Gasteiger charge is -2.41. The average molecular weight is 389 g/mol. The van der Waals surface area contributed by atoms with Crippen LogP contribution in [0.3, 0.4) is 0 Å². The van der Waals surface area contributed by atoms with Gasteiger partial charge in [0.15, 0.2) is 0 Å². The Hall–Kier alpha value is -1.34. The second-order valence-corrected chi connectivity index (χ2v) is 8.01. The van der Waals surface area contributed by atoms with Gasteiger partial charge >= 0.3 is 0 Å². The van der Waals surface area contributed by atoms with E-state index in [1.165, 1.54) is 0 Å². The molecular weight excluding hydrogens is 356 g/mol. The number of piperazine rings is 1. The predicted molar refractivity (Wildman–Crippen MR) is 103 cm³/mol. The lowest BCUT2D eigenvalue weighted by molar-refractivity contribution is -0.140. The molecule has 2 N–H and O–H groups in total. The van der Waals surface area contributed by atoms with Crippen LogP contribution >= 0.6 is 12.4 Å². The molecule has 2 fully saturated rings. The van der Waals surface area contributed by atoms with Crippen LogP contribution in [0.4, 0.5) is 0 Å². The van der Waals surface area contributed by atoms with Crippen molar-refractivity contribution in [3.63, 3.8) is 0 Å². The Balaban J connectivity index is 0.00000338. The summed E-state index contributed by atoms with van der Waals surface area (Å²) in [7, 11) is 0. The zero-order valence-electron chi connectivity index (χ0n) is 16.2. The van der Waals surface area contributed by atoms with Crippen molar-refractivity contribution in [3.8, 4) is 0 Å². The Morgan fingerprint density at radius 1 is 1.27 bits per heavy atom. The van der Waals surface area contributed by atoms with E-state index in [9.17, 15) is 14.4 Å². The number of likely N-dealkylation sites (tertiary alicyclic amines) is 1. The molecule has 2 heterocycles. The maximum atomic E-state index is 12.4. The van der Waals surface area contributed by atoms with Gasteiger partial charge in [-0.2, -0.15) is 0 Å². The molecule has 1 atom stereocenters. The number of nitrogens with zero attached hydrogens (tertiary/aromatic N) is 2. The Morgan fingerprint density at radius 3 is 2.65 bits per heavy atom. The summed E-state index contributed by atoms with van der Waals surface area (Å²) in [6.07, 6.45) is 2.99. The number of carbonyl (C=O) groups is 3. The SMILES string of the molecule is CC(C)(C)C(=O)NCCCC(=O)N1CCCC(N2CCNCC2=O)C1.Cl. The van der Waals surface area contributed by atoms with Gasteiger partial charge in [0.2, 0.25) is 17.7 Å². The minimum absolute atomic E-state index is 0. The summed E-state index contributed by atoms with van der Waals surface area (Å²) in [6.45, 7) is 9.50. The summed E-state index contributed by atoms with van der Waals surface area (Å²) in [5.41, 5.74) is -0.403. The molecule has 0 aromatic heterocycles. The van der Waals surface area contributed by atoms with Crippen LogP contribution in [-0.4, -0.2) is 72.8 Å². The van der Waals surface area contributed by atoms with Crippen molar-refractivity contribution < 1.29 is 14.4 Å². The van der Waals surface area contributed by atoms with Gasteiger partial charge in [0.1, 0.15) is 0 Å². The summed E-state index contributed by atoms with van der Waals surface area (Å²) in [6, 6.07) is 0.146. The van der Waals surface area contributed by atoms with E-state index in [1.807, 2.05) is 30.6 Å². The van der Waals surface area contributed by atoms with Gasteiger partial charge in [-0.1, -0.05) is 20.8 Å². The number of carbonyl (C=O) groups excluding carboxylic acids is 3. The predicted octanol–water partition coefficient (Wildman–Crippen LogP) is 0.774. The van der Waals surface area contributed by atoms with Gasteiger partial charge in [-0.05, 0) is 19.3 Å². The van der Waals surface area contributed by atoms with Crippen molar-refractivity contribution in [2.75, 3.05) is 39.3 Å². The number of piperidine rings is 1. The van der Waals surface area contributed by atoms with Gasteiger partial charge in [-0.15, -0.1) is 12.4 Å². The Morgan fingerprint density at radius 2 is 2.00 bits per heavy atom. The molecule has 1 unspecified atom stereocenters. The van der Waals surface area contributed by atoms with Crippen molar-refractivity contribution in [1.82, 2.24) is 20.4 Å². The maximum Gasteiger partial charge on any atom is 0.236 e. The maximum absolute atomic E-state index is 12.4. The molecule has 26 heavy (non-hydrogen) atoms. The fourth-order valence-electron chi connectivity index (χ4n) is 3.31. The topological polar surface area (TPSA) is 81.8 Å². The average Bonchev–Trinajstić information content (AvgIpc) is 2.58. The standard InChI is InChI=1S/C18H32N4O3.ClH/c1-18(2,3)17(25)20-8-4-7-15(23)21-10-5-6-14(13-21)22-11-9-19-12-16(22)24;/h14,19H,4-13H2,1-3H3,(H,20,25);1H. The molecule has 150 valence electrons. The molecule has 0 spiro atoms. The molecule has 0 saturated carbocycles. The number of amides is 3. The summed E-state index contributed by atoms with van der Waals surface area (Å²) in [4.78, 5) is 40.1. The summed E-state index contributed by atoms with van der Waals surface area (Å²) < 4.78 is 0. The highest BCUT2D eigenvalue weighted by Gasteiger charge is 2.31. The molecule has 2 aliphatic rings. The largest absolute Gasteiger partial charge is 0.356 e. The van der Waals surface area contributed by atoms with Crippen molar-refractivity contribution >= 4 is 30.1 Å². The van der Waals surface area contributed by atoms with E-state index >= 15 is 0 Å². The van der Waals surface area contributed by atoms with Crippen molar-refractivity contribution in [3.05, 3.63) is 0 Å². The van der Waals surface area contributed by atoms with Crippen LogP contribution in [0.25, 0.3) is 0 Å². The van der Waals surface area contributed by atoms with Gasteiger partial charge in [-0.3, -0.25) is 14.4 Å². The third-order valence-corrected chi connectivity index (χ3v) is 4.85. The first-order valence-electron chi connectivity index (χ1n) is 9.35. The summed E-state index contributed by atoms with van der Waals surface area (Å²) >= 11 is 0. The number of hydrogen-bond acceptors (Lipinski definition) is 4. The molecule has 0 radical (unpaired) electrons.